The molecule has 2 aromatic heterocycles. The Hall–Kier alpha value is -2.85. The number of aromatic nitrogens is 2. The van der Waals surface area contributed by atoms with Gasteiger partial charge in [0.05, 0.1) is 17.4 Å². The fourth-order valence-corrected chi connectivity index (χ4v) is 6.41. The average Bonchev–Trinajstić information content (AvgIpc) is 3.37. The number of H-pyrrole nitrogens is 1. The maximum absolute atomic E-state index is 13.3. The molecule has 2 atom stereocenters. The maximum atomic E-state index is 13.3. The lowest BCUT2D eigenvalue weighted by molar-refractivity contribution is -0.704. The van der Waals surface area contributed by atoms with Gasteiger partial charge < -0.3 is 10.1 Å². The van der Waals surface area contributed by atoms with Gasteiger partial charge in [0.1, 0.15) is 5.00 Å². The Labute approximate surface area is 205 Å². The van der Waals surface area contributed by atoms with E-state index in [0.717, 1.165) is 47.2 Å². The molecule has 0 fully saturated rings. The van der Waals surface area contributed by atoms with E-state index in [1.165, 1.54) is 16.0 Å². The van der Waals surface area contributed by atoms with Crippen LogP contribution in [0.4, 0.5) is 5.00 Å². The number of para-hydroxylation sites is 1. The summed E-state index contributed by atoms with van der Waals surface area (Å²) in [5.41, 5.74) is 1.64. The van der Waals surface area contributed by atoms with Crippen molar-refractivity contribution in [2.45, 2.75) is 56.7 Å². The third-order valence-corrected chi connectivity index (χ3v) is 8.34. The Morgan fingerprint density at radius 3 is 2.79 bits per heavy atom. The van der Waals surface area contributed by atoms with Crippen LogP contribution in [0.5, 0.6) is 0 Å². The van der Waals surface area contributed by atoms with Crippen molar-refractivity contribution in [3.05, 3.63) is 56.8 Å². The standard InChI is InChI=1S/C24H27N3O5S2/c1-4-17(34-22-24(30)32-26-27(22)15-9-7-6-8-10-15)20(28)25-21-19(23(29)31-5-2)16-12-11-14(3)13-18(16)33-21/h6-10,14,17H,4-5,11-13H2,1-3H3,(H-,25,26,28,29,30)/p+1. The molecule has 2 unspecified atom stereocenters. The highest BCUT2D eigenvalue weighted by Gasteiger charge is 2.33. The molecule has 180 valence electrons. The Morgan fingerprint density at radius 2 is 2.09 bits per heavy atom. The summed E-state index contributed by atoms with van der Waals surface area (Å²) >= 11 is 2.59. The van der Waals surface area contributed by atoms with Crippen LogP contribution in [-0.2, 0) is 22.4 Å². The Balaban J connectivity index is 1.60. The molecule has 34 heavy (non-hydrogen) atoms. The Morgan fingerprint density at radius 1 is 1.32 bits per heavy atom. The van der Waals surface area contributed by atoms with Gasteiger partial charge in [0.25, 0.3) is 0 Å². The smallest absolute Gasteiger partial charge is 0.442 e. The molecule has 1 amide bonds. The lowest BCUT2D eigenvalue weighted by Crippen LogP contribution is -2.37. The van der Waals surface area contributed by atoms with Crippen molar-refractivity contribution < 1.29 is 23.5 Å². The molecule has 1 aliphatic rings. The quantitative estimate of drug-likeness (QED) is 0.273. The predicted octanol–water partition coefficient (Wildman–Crippen LogP) is 4.12. The van der Waals surface area contributed by atoms with Gasteiger partial charge >= 0.3 is 16.6 Å². The molecule has 8 nitrogen and oxygen atoms in total. The number of carbonyl (C=O) groups excluding carboxylic acids is 2. The molecule has 1 aliphatic carbocycles. The highest BCUT2D eigenvalue weighted by Crippen LogP contribution is 2.40. The molecule has 0 bridgehead atoms. The predicted molar refractivity (Wildman–Crippen MR) is 131 cm³/mol. The third-order valence-electron chi connectivity index (χ3n) is 5.77. The van der Waals surface area contributed by atoms with Crippen LogP contribution in [0.3, 0.4) is 0 Å². The van der Waals surface area contributed by atoms with E-state index >= 15 is 0 Å². The van der Waals surface area contributed by atoms with Crippen molar-refractivity contribution in [2.75, 3.05) is 11.9 Å². The minimum atomic E-state index is -0.568. The molecule has 3 aromatic rings. The van der Waals surface area contributed by atoms with Crippen molar-refractivity contribution in [3.63, 3.8) is 0 Å². The van der Waals surface area contributed by atoms with E-state index < -0.39 is 16.8 Å². The minimum absolute atomic E-state index is 0.267. The number of thioether (sulfide) groups is 1. The first-order valence-electron chi connectivity index (χ1n) is 11.4. The molecule has 0 aliphatic heterocycles. The van der Waals surface area contributed by atoms with E-state index in [9.17, 15) is 14.4 Å². The fourth-order valence-electron chi connectivity index (χ4n) is 4.02. The molecule has 1 aromatic carbocycles. The second kappa shape index (κ2) is 10.6. The Kier molecular flexibility index (Phi) is 7.57. The number of anilines is 1. The number of thiophene rings is 1. The monoisotopic (exact) mass is 502 g/mol. The number of esters is 1. The minimum Gasteiger partial charge on any atom is -0.462 e. The highest BCUT2D eigenvalue weighted by molar-refractivity contribution is 8.00. The summed E-state index contributed by atoms with van der Waals surface area (Å²) in [7, 11) is 0. The third kappa shape index (κ3) is 4.97. The maximum Gasteiger partial charge on any atom is 0.442 e. The number of amides is 1. The summed E-state index contributed by atoms with van der Waals surface area (Å²) in [6.07, 6.45) is 3.16. The zero-order chi connectivity index (χ0) is 24.2. The van der Waals surface area contributed by atoms with Crippen molar-refractivity contribution in [2.24, 2.45) is 5.92 Å². The van der Waals surface area contributed by atoms with Crippen molar-refractivity contribution in [3.8, 4) is 5.69 Å². The van der Waals surface area contributed by atoms with Crippen LogP contribution >= 0.6 is 23.1 Å². The SMILES string of the molecule is CCOC(=O)c1c(NC(=O)C(CC)Sc2c(=O)o[nH][n+]2-c2ccccc2)sc2c1CCC(C)C2. The van der Waals surface area contributed by atoms with Gasteiger partial charge in [-0.05, 0) is 65.8 Å². The van der Waals surface area contributed by atoms with Gasteiger partial charge in [-0.25, -0.2) is 9.59 Å². The lowest BCUT2D eigenvalue weighted by atomic mass is 9.88. The van der Waals surface area contributed by atoms with E-state index in [0.29, 0.717) is 22.9 Å². The molecule has 0 saturated heterocycles. The summed E-state index contributed by atoms with van der Waals surface area (Å²) in [4.78, 5) is 39.6. The Bertz CT molecular complexity index is 1230. The number of rotatable bonds is 8. The number of nitrogens with zero attached hydrogens (tertiary/aromatic N) is 1. The van der Waals surface area contributed by atoms with Crippen LogP contribution < -0.4 is 15.6 Å². The number of hydrogen-bond acceptors (Lipinski definition) is 7. The number of carbonyl (C=O) groups is 2. The normalized spacial score (nSPS) is 16.0. The van der Waals surface area contributed by atoms with Gasteiger partial charge in [-0.3, -0.25) is 9.32 Å². The molecular formula is C24H28N3O5S2+. The summed E-state index contributed by atoms with van der Waals surface area (Å²) in [5.74, 6) is -0.145. The van der Waals surface area contributed by atoms with Crippen LogP contribution in [0.25, 0.3) is 5.69 Å². The molecule has 2 N–H and O–H groups in total. The van der Waals surface area contributed by atoms with E-state index in [2.05, 4.69) is 17.5 Å². The fraction of sp³-hybridized carbons (Fsp3) is 0.417. The molecule has 0 radical (unpaired) electrons. The summed E-state index contributed by atoms with van der Waals surface area (Å²) in [6.45, 7) is 6.11. The van der Waals surface area contributed by atoms with Crippen molar-refractivity contribution in [1.29, 1.82) is 0 Å². The van der Waals surface area contributed by atoms with Gasteiger partial charge in [0.15, 0.2) is 0 Å². The average molecular weight is 503 g/mol. The largest absolute Gasteiger partial charge is 0.462 e. The number of nitrogens with one attached hydrogen (secondary N) is 2. The number of hydrogen-bond donors (Lipinski definition) is 2. The van der Waals surface area contributed by atoms with Crippen molar-refractivity contribution >= 4 is 40.0 Å². The molecule has 0 saturated carbocycles. The van der Waals surface area contributed by atoms with Crippen LogP contribution in [0.1, 0.15) is 54.4 Å². The first-order chi connectivity index (χ1) is 16.4. The topological polar surface area (TPSA) is 105 Å². The number of fused-ring (bicyclic) bond motifs is 1. The second-order valence-corrected chi connectivity index (χ2v) is 10.5. The molecule has 4 rings (SSSR count). The molecule has 2 heterocycles. The first-order valence-corrected chi connectivity index (χ1v) is 13.1. The van der Waals surface area contributed by atoms with Crippen LogP contribution in [-0.4, -0.2) is 29.0 Å². The summed E-state index contributed by atoms with van der Waals surface area (Å²) in [6, 6.07) is 9.24. The highest BCUT2D eigenvalue weighted by atomic mass is 32.2. The lowest BCUT2D eigenvalue weighted by Gasteiger charge is -2.18. The number of aromatic amines is 1. The van der Waals surface area contributed by atoms with Crippen LogP contribution in [0.2, 0.25) is 0 Å². The molecule has 0 spiro atoms. The van der Waals surface area contributed by atoms with E-state index in [4.69, 9.17) is 9.26 Å². The number of ether oxygens (including phenoxy) is 1. The summed E-state index contributed by atoms with van der Waals surface area (Å²) in [5, 5.41) is 5.81. The van der Waals surface area contributed by atoms with Crippen LogP contribution in [0, 0.1) is 5.92 Å². The van der Waals surface area contributed by atoms with Gasteiger partial charge in [-0.2, -0.15) is 0 Å². The second-order valence-electron chi connectivity index (χ2n) is 8.24. The van der Waals surface area contributed by atoms with Gasteiger partial charge in [-0.1, -0.05) is 32.0 Å². The van der Waals surface area contributed by atoms with E-state index in [1.807, 2.05) is 37.3 Å². The van der Waals surface area contributed by atoms with E-state index in [-0.39, 0.29) is 17.5 Å². The zero-order valence-electron chi connectivity index (χ0n) is 19.4. The van der Waals surface area contributed by atoms with Crippen LogP contribution in [0.15, 0.2) is 44.7 Å². The first kappa shape index (κ1) is 24.3. The zero-order valence-corrected chi connectivity index (χ0v) is 21.0. The van der Waals surface area contributed by atoms with Crippen molar-refractivity contribution in [1.82, 2.24) is 5.27 Å². The van der Waals surface area contributed by atoms with Gasteiger partial charge in [0, 0.05) is 17.0 Å². The summed E-state index contributed by atoms with van der Waals surface area (Å²) < 4.78 is 11.8. The number of benzene rings is 1. The van der Waals surface area contributed by atoms with Gasteiger partial charge in [0.2, 0.25) is 11.6 Å². The molecule has 10 heteroatoms. The van der Waals surface area contributed by atoms with Gasteiger partial charge in [-0.15, -0.1) is 11.3 Å². The van der Waals surface area contributed by atoms with E-state index in [1.54, 1.807) is 6.92 Å². The molecular weight excluding hydrogens is 474 g/mol.